The van der Waals surface area contributed by atoms with Crippen molar-refractivity contribution in [3.8, 4) is 11.8 Å². The Bertz CT molecular complexity index is 453. The van der Waals surface area contributed by atoms with E-state index >= 15 is 0 Å². The molecule has 96 valence electrons. The molecule has 1 aromatic carbocycles. The van der Waals surface area contributed by atoms with Gasteiger partial charge in [0.2, 0.25) is 0 Å². The zero-order valence-electron chi connectivity index (χ0n) is 10.5. The Kier molecular flexibility index (Phi) is 4.82. The summed E-state index contributed by atoms with van der Waals surface area (Å²) in [6, 6.07) is 8.04. The third-order valence-electron chi connectivity index (χ3n) is 2.91. The maximum Gasteiger partial charge on any atom is 0.193 e. The van der Waals surface area contributed by atoms with Crippen molar-refractivity contribution in [2.45, 2.75) is 25.6 Å². The van der Waals surface area contributed by atoms with Crippen LogP contribution in [0, 0.1) is 11.8 Å². The molecule has 1 saturated heterocycles. The summed E-state index contributed by atoms with van der Waals surface area (Å²) in [5.74, 6) is 5.77. The lowest BCUT2D eigenvalue weighted by Crippen LogP contribution is -2.23. The van der Waals surface area contributed by atoms with E-state index in [1.165, 1.54) is 0 Å². The lowest BCUT2D eigenvalue weighted by molar-refractivity contribution is -0.149. The summed E-state index contributed by atoms with van der Waals surface area (Å²) in [7, 11) is 0. The minimum Gasteiger partial charge on any atom is -0.344 e. The fraction of sp³-hybridized carbons (Fsp3) is 0.467. The molecule has 0 unspecified atom stereocenters. The molecule has 0 atom stereocenters. The highest BCUT2D eigenvalue weighted by atomic mass is 79.9. The zero-order chi connectivity index (χ0) is 12.8. The Labute approximate surface area is 117 Å². The second-order valence-corrected chi connectivity index (χ2v) is 5.08. The zero-order valence-corrected chi connectivity index (χ0v) is 12.1. The first kappa shape index (κ1) is 13.6. The van der Waals surface area contributed by atoms with E-state index in [1.54, 1.807) is 0 Å². The van der Waals surface area contributed by atoms with Crippen LogP contribution < -0.4 is 0 Å². The predicted octanol–water partition coefficient (Wildman–Crippen LogP) is 3.43. The minimum atomic E-state index is -0.638. The van der Waals surface area contributed by atoms with Gasteiger partial charge in [-0.1, -0.05) is 46.0 Å². The number of benzene rings is 1. The lowest BCUT2D eigenvalue weighted by Gasteiger charge is -2.23. The van der Waals surface area contributed by atoms with Crippen molar-refractivity contribution in [1.29, 1.82) is 0 Å². The molecule has 1 fully saturated rings. The molecule has 0 aliphatic carbocycles. The van der Waals surface area contributed by atoms with Crippen molar-refractivity contribution in [1.82, 2.24) is 0 Å². The van der Waals surface area contributed by atoms with Crippen LogP contribution in [0.3, 0.4) is 0 Å². The molecule has 0 saturated carbocycles. The molecule has 1 aliphatic heterocycles. The van der Waals surface area contributed by atoms with E-state index in [9.17, 15) is 0 Å². The number of rotatable bonds is 3. The van der Waals surface area contributed by atoms with Gasteiger partial charge in [0.15, 0.2) is 5.79 Å². The van der Waals surface area contributed by atoms with Crippen LogP contribution in [-0.2, 0) is 15.3 Å². The summed E-state index contributed by atoms with van der Waals surface area (Å²) < 4.78 is 11.4. The molecule has 2 rings (SSSR count). The van der Waals surface area contributed by atoms with Crippen molar-refractivity contribution >= 4 is 15.9 Å². The summed E-state index contributed by atoms with van der Waals surface area (Å²) in [5.41, 5.74) is 2.02. The molecule has 1 heterocycles. The molecule has 3 heteroatoms. The van der Waals surface area contributed by atoms with E-state index in [0.717, 1.165) is 29.3 Å². The van der Waals surface area contributed by atoms with E-state index in [4.69, 9.17) is 9.47 Å². The number of alkyl halides is 1. The average Bonchev–Trinajstić information content (AvgIpc) is 2.83. The van der Waals surface area contributed by atoms with Crippen LogP contribution in [0.5, 0.6) is 0 Å². The predicted molar refractivity (Wildman–Crippen MR) is 75.6 cm³/mol. The van der Waals surface area contributed by atoms with Gasteiger partial charge >= 0.3 is 0 Å². The lowest BCUT2D eigenvalue weighted by atomic mass is 10.0. The maximum absolute atomic E-state index is 5.70. The maximum atomic E-state index is 5.70. The minimum absolute atomic E-state index is 0.638. The van der Waals surface area contributed by atoms with Gasteiger partial charge in [-0.25, -0.2) is 0 Å². The Morgan fingerprint density at radius 1 is 1.28 bits per heavy atom. The van der Waals surface area contributed by atoms with Crippen molar-refractivity contribution < 1.29 is 9.47 Å². The number of hydrogen-bond acceptors (Lipinski definition) is 2. The Balaban J connectivity index is 2.22. The Morgan fingerprint density at radius 2 is 2.00 bits per heavy atom. The van der Waals surface area contributed by atoms with Crippen LogP contribution >= 0.6 is 15.9 Å². The fourth-order valence-corrected chi connectivity index (χ4v) is 2.25. The second-order valence-electron chi connectivity index (χ2n) is 4.28. The standard InChI is InChI=1S/C15H17BrO2/c1-15(17-11-12-18-15)14-9-5-4-8-13(14)7-3-2-6-10-16/h4-5,8-9H,2,6,10-12H2,1H3. The molecule has 1 aromatic rings. The summed E-state index contributed by atoms with van der Waals surface area (Å²) >= 11 is 3.40. The molecule has 0 amide bonds. The molecule has 0 bridgehead atoms. The van der Waals surface area contributed by atoms with E-state index in [0.29, 0.717) is 13.2 Å². The smallest absolute Gasteiger partial charge is 0.193 e. The van der Waals surface area contributed by atoms with Crippen molar-refractivity contribution in [3.05, 3.63) is 35.4 Å². The number of hydrogen-bond donors (Lipinski definition) is 0. The first-order valence-corrected chi connectivity index (χ1v) is 7.31. The van der Waals surface area contributed by atoms with Crippen LogP contribution in [0.2, 0.25) is 0 Å². The fourth-order valence-electron chi connectivity index (χ4n) is 1.97. The summed E-state index contributed by atoms with van der Waals surface area (Å²) in [5, 5.41) is 0.993. The largest absolute Gasteiger partial charge is 0.344 e. The molecule has 0 aromatic heterocycles. The van der Waals surface area contributed by atoms with Crippen LogP contribution in [0.25, 0.3) is 0 Å². The average molecular weight is 309 g/mol. The van der Waals surface area contributed by atoms with Gasteiger partial charge in [0, 0.05) is 22.9 Å². The van der Waals surface area contributed by atoms with Crippen LogP contribution in [0.15, 0.2) is 24.3 Å². The molecule has 1 aliphatic rings. The van der Waals surface area contributed by atoms with Crippen LogP contribution in [0.4, 0.5) is 0 Å². The first-order chi connectivity index (χ1) is 8.76. The molecule has 0 radical (unpaired) electrons. The van der Waals surface area contributed by atoms with E-state index in [-0.39, 0.29) is 0 Å². The molecule has 0 spiro atoms. The summed E-state index contributed by atoms with van der Waals surface area (Å²) in [4.78, 5) is 0. The van der Waals surface area contributed by atoms with E-state index < -0.39 is 5.79 Å². The topological polar surface area (TPSA) is 18.5 Å². The number of ether oxygens (including phenoxy) is 2. The molecular weight excluding hydrogens is 292 g/mol. The molecule has 0 N–H and O–H groups in total. The monoisotopic (exact) mass is 308 g/mol. The quantitative estimate of drug-likeness (QED) is 0.484. The molecule has 2 nitrogen and oxygen atoms in total. The SMILES string of the molecule is CC1(c2ccccc2C#CCCCBr)OCCO1. The first-order valence-electron chi connectivity index (χ1n) is 6.18. The molecular formula is C15H17BrO2. The van der Waals surface area contributed by atoms with Crippen molar-refractivity contribution in [2.75, 3.05) is 18.5 Å². The third-order valence-corrected chi connectivity index (χ3v) is 3.47. The summed E-state index contributed by atoms with van der Waals surface area (Å²) in [6.07, 6.45) is 1.97. The molecule has 18 heavy (non-hydrogen) atoms. The Hall–Kier alpha value is -0.820. The Morgan fingerprint density at radius 3 is 2.72 bits per heavy atom. The van der Waals surface area contributed by atoms with Crippen molar-refractivity contribution in [3.63, 3.8) is 0 Å². The second kappa shape index (κ2) is 6.38. The van der Waals surface area contributed by atoms with Gasteiger partial charge in [-0.3, -0.25) is 0 Å². The van der Waals surface area contributed by atoms with Gasteiger partial charge in [-0.15, -0.1) is 0 Å². The summed E-state index contributed by atoms with van der Waals surface area (Å²) in [6.45, 7) is 3.24. The highest BCUT2D eigenvalue weighted by Gasteiger charge is 2.34. The van der Waals surface area contributed by atoms with Gasteiger partial charge in [-0.05, 0) is 19.4 Å². The van der Waals surface area contributed by atoms with E-state index in [1.807, 2.05) is 31.2 Å². The third kappa shape index (κ3) is 3.14. The van der Waals surface area contributed by atoms with Crippen molar-refractivity contribution in [2.24, 2.45) is 0 Å². The van der Waals surface area contributed by atoms with Crippen LogP contribution in [0.1, 0.15) is 30.9 Å². The van der Waals surface area contributed by atoms with Gasteiger partial charge < -0.3 is 9.47 Å². The highest BCUT2D eigenvalue weighted by Crippen LogP contribution is 2.32. The van der Waals surface area contributed by atoms with E-state index in [2.05, 4.69) is 27.8 Å². The van der Waals surface area contributed by atoms with Crippen LogP contribution in [-0.4, -0.2) is 18.5 Å². The van der Waals surface area contributed by atoms with Gasteiger partial charge in [0.05, 0.1) is 13.2 Å². The number of halogens is 1. The van der Waals surface area contributed by atoms with Gasteiger partial charge in [0.25, 0.3) is 0 Å². The normalized spacial score (nSPS) is 17.2. The number of unbranched alkanes of at least 4 members (excludes halogenated alkanes) is 1. The highest BCUT2D eigenvalue weighted by molar-refractivity contribution is 9.09. The van der Waals surface area contributed by atoms with Gasteiger partial charge in [0.1, 0.15) is 0 Å². The van der Waals surface area contributed by atoms with Gasteiger partial charge in [-0.2, -0.15) is 0 Å².